The second-order valence-corrected chi connectivity index (χ2v) is 2.47. The highest BCUT2D eigenvalue weighted by Crippen LogP contribution is 2.12. The molecule has 0 saturated carbocycles. The van der Waals surface area contributed by atoms with E-state index in [9.17, 15) is 13.2 Å². The molecule has 0 fully saturated rings. The maximum absolute atomic E-state index is 12.6. The van der Waals surface area contributed by atoms with Gasteiger partial charge in [-0.3, -0.25) is 0 Å². The van der Waals surface area contributed by atoms with Crippen LogP contribution in [0.1, 0.15) is 5.56 Å². The van der Waals surface area contributed by atoms with Crippen LogP contribution in [0, 0.1) is 12.7 Å². The zero-order chi connectivity index (χ0) is 9.84. The molecule has 1 aromatic rings. The van der Waals surface area contributed by atoms with E-state index in [1.54, 1.807) is 0 Å². The van der Waals surface area contributed by atoms with Crippen molar-refractivity contribution in [1.29, 1.82) is 0 Å². The maximum atomic E-state index is 12.6. The van der Waals surface area contributed by atoms with E-state index in [2.05, 4.69) is 9.72 Å². The first kappa shape index (κ1) is 9.83. The monoisotopic (exact) mass is 191 g/mol. The lowest BCUT2D eigenvalue weighted by molar-refractivity contribution is 0.0795. The summed E-state index contributed by atoms with van der Waals surface area (Å²) >= 11 is 0. The van der Waals surface area contributed by atoms with Crippen molar-refractivity contribution < 1.29 is 17.9 Å². The van der Waals surface area contributed by atoms with Crippen molar-refractivity contribution in [2.75, 3.05) is 6.61 Å². The molecule has 0 aliphatic carbocycles. The van der Waals surface area contributed by atoms with Crippen LogP contribution in [-0.4, -0.2) is 18.0 Å². The highest BCUT2D eigenvalue weighted by atomic mass is 19.3. The summed E-state index contributed by atoms with van der Waals surface area (Å²) in [6, 6.07) is 1.28. The predicted molar refractivity (Wildman–Crippen MR) is 40.4 cm³/mol. The van der Waals surface area contributed by atoms with Gasteiger partial charge < -0.3 is 4.74 Å². The highest BCUT2D eigenvalue weighted by molar-refractivity contribution is 5.20. The average Bonchev–Trinajstić information content (AvgIpc) is 2.07. The Bertz CT molecular complexity index is 291. The van der Waals surface area contributed by atoms with Crippen molar-refractivity contribution in [3.63, 3.8) is 0 Å². The molecule has 13 heavy (non-hydrogen) atoms. The number of ether oxygens (including phenoxy) is 1. The Morgan fingerprint density at radius 2 is 2.23 bits per heavy atom. The minimum atomic E-state index is -2.55. The molecular weight excluding hydrogens is 183 g/mol. The van der Waals surface area contributed by atoms with Crippen molar-refractivity contribution >= 4 is 0 Å². The molecule has 0 aliphatic rings. The molecule has 0 unspecified atom stereocenters. The molecule has 5 heteroatoms. The summed E-state index contributed by atoms with van der Waals surface area (Å²) in [5, 5.41) is 0. The Morgan fingerprint density at radius 1 is 1.54 bits per heavy atom. The van der Waals surface area contributed by atoms with Gasteiger partial charge in [-0.15, -0.1) is 0 Å². The van der Waals surface area contributed by atoms with E-state index in [1.807, 2.05) is 0 Å². The Balaban J connectivity index is 2.63. The summed E-state index contributed by atoms with van der Waals surface area (Å²) in [6.07, 6.45) is -1.61. The number of aryl methyl sites for hydroxylation is 1. The number of nitrogens with zero attached hydrogens (tertiary/aromatic N) is 1. The topological polar surface area (TPSA) is 22.1 Å². The number of aromatic nitrogens is 1. The van der Waals surface area contributed by atoms with Crippen LogP contribution in [0.15, 0.2) is 12.3 Å². The van der Waals surface area contributed by atoms with Crippen LogP contribution in [0.5, 0.6) is 5.88 Å². The molecule has 0 spiro atoms. The summed E-state index contributed by atoms with van der Waals surface area (Å²) in [5.41, 5.74) is 0.319. The van der Waals surface area contributed by atoms with Gasteiger partial charge in [0.1, 0.15) is 5.82 Å². The Labute approximate surface area is 73.4 Å². The Hall–Kier alpha value is -1.26. The van der Waals surface area contributed by atoms with Gasteiger partial charge in [0.25, 0.3) is 6.43 Å². The molecule has 0 radical (unpaired) electrons. The maximum Gasteiger partial charge on any atom is 0.272 e. The smallest absolute Gasteiger partial charge is 0.272 e. The van der Waals surface area contributed by atoms with E-state index in [1.165, 1.54) is 13.0 Å². The summed E-state index contributed by atoms with van der Waals surface area (Å²) in [7, 11) is 0. The minimum absolute atomic E-state index is 0.0131. The van der Waals surface area contributed by atoms with E-state index in [-0.39, 0.29) is 5.88 Å². The normalized spacial score (nSPS) is 10.5. The van der Waals surface area contributed by atoms with Crippen LogP contribution in [0.2, 0.25) is 0 Å². The van der Waals surface area contributed by atoms with E-state index >= 15 is 0 Å². The first-order valence-electron chi connectivity index (χ1n) is 3.62. The first-order valence-corrected chi connectivity index (χ1v) is 3.62. The van der Waals surface area contributed by atoms with Crippen LogP contribution in [-0.2, 0) is 0 Å². The number of pyridine rings is 1. The fourth-order valence-corrected chi connectivity index (χ4v) is 0.741. The number of rotatable bonds is 3. The lowest BCUT2D eigenvalue weighted by Crippen LogP contribution is -2.08. The van der Waals surface area contributed by atoms with Gasteiger partial charge in [0.15, 0.2) is 6.61 Å². The zero-order valence-electron chi connectivity index (χ0n) is 6.93. The van der Waals surface area contributed by atoms with E-state index in [0.29, 0.717) is 5.56 Å². The standard InChI is InChI=1S/C8H8F3NO/c1-5-2-8(12-3-6(5)9)13-4-7(10)11/h2-3,7H,4H2,1H3. The van der Waals surface area contributed by atoms with E-state index in [4.69, 9.17) is 0 Å². The molecule has 0 aromatic carbocycles. The van der Waals surface area contributed by atoms with Crippen molar-refractivity contribution in [3.05, 3.63) is 23.6 Å². The van der Waals surface area contributed by atoms with Crippen molar-refractivity contribution in [3.8, 4) is 5.88 Å². The van der Waals surface area contributed by atoms with Gasteiger partial charge in [-0.05, 0) is 12.5 Å². The first-order chi connectivity index (χ1) is 6.09. The summed E-state index contributed by atoms with van der Waals surface area (Å²) in [6.45, 7) is 0.782. The van der Waals surface area contributed by atoms with Crippen molar-refractivity contribution in [1.82, 2.24) is 4.98 Å². The number of hydrogen-bond donors (Lipinski definition) is 0. The number of alkyl halides is 2. The Morgan fingerprint density at radius 3 is 2.77 bits per heavy atom. The van der Waals surface area contributed by atoms with Gasteiger partial charge in [-0.25, -0.2) is 18.2 Å². The molecule has 0 atom stereocenters. The number of halogens is 3. The molecule has 0 N–H and O–H groups in total. The van der Waals surface area contributed by atoms with Gasteiger partial charge in [0, 0.05) is 6.07 Å². The van der Waals surface area contributed by atoms with Gasteiger partial charge in [0.05, 0.1) is 6.20 Å². The third-order valence-electron chi connectivity index (χ3n) is 1.38. The predicted octanol–water partition coefficient (Wildman–Crippen LogP) is 2.17. The van der Waals surface area contributed by atoms with Crippen LogP contribution in [0.25, 0.3) is 0 Å². The summed E-state index contributed by atoms with van der Waals surface area (Å²) in [4.78, 5) is 3.48. The molecule has 72 valence electrons. The average molecular weight is 191 g/mol. The molecule has 2 nitrogen and oxygen atoms in total. The van der Waals surface area contributed by atoms with Crippen molar-refractivity contribution in [2.24, 2.45) is 0 Å². The van der Waals surface area contributed by atoms with Crippen LogP contribution in [0.3, 0.4) is 0 Å². The lowest BCUT2D eigenvalue weighted by atomic mass is 10.3. The van der Waals surface area contributed by atoms with E-state index < -0.39 is 18.8 Å². The van der Waals surface area contributed by atoms with Gasteiger partial charge in [0.2, 0.25) is 5.88 Å². The molecule has 1 rings (SSSR count). The molecular formula is C8H8F3NO. The minimum Gasteiger partial charge on any atom is -0.472 e. The molecule has 0 aliphatic heterocycles. The molecule has 1 aromatic heterocycles. The fraction of sp³-hybridized carbons (Fsp3) is 0.375. The lowest BCUT2D eigenvalue weighted by Gasteiger charge is -2.04. The molecule has 0 amide bonds. The largest absolute Gasteiger partial charge is 0.472 e. The zero-order valence-corrected chi connectivity index (χ0v) is 6.93. The van der Waals surface area contributed by atoms with E-state index in [0.717, 1.165) is 6.20 Å². The van der Waals surface area contributed by atoms with Gasteiger partial charge in [-0.2, -0.15) is 0 Å². The van der Waals surface area contributed by atoms with Crippen LogP contribution >= 0.6 is 0 Å². The van der Waals surface area contributed by atoms with Gasteiger partial charge in [-0.1, -0.05) is 0 Å². The SMILES string of the molecule is Cc1cc(OCC(F)F)ncc1F. The molecule has 0 saturated heterocycles. The molecule has 0 bridgehead atoms. The number of hydrogen-bond acceptors (Lipinski definition) is 2. The van der Waals surface area contributed by atoms with Crippen molar-refractivity contribution in [2.45, 2.75) is 13.3 Å². The quantitative estimate of drug-likeness (QED) is 0.730. The highest BCUT2D eigenvalue weighted by Gasteiger charge is 2.05. The van der Waals surface area contributed by atoms with Crippen LogP contribution < -0.4 is 4.74 Å². The molecule has 1 heterocycles. The second-order valence-electron chi connectivity index (χ2n) is 2.47. The van der Waals surface area contributed by atoms with Gasteiger partial charge >= 0.3 is 0 Å². The third-order valence-corrected chi connectivity index (χ3v) is 1.38. The van der Waals surface area contributed by atoms with Crippen LogP contribution in [0.4, 0.5) is 13.2 Å². The third kappa shape index (κ3) is 2.93. The Kier molecular flexibility index (Phi) is 3.11. The summed E-state index contributed by atoms with van der Waals surface area (Å²) < 4.78 is 40.6. The second kappa shape index (κ2) is 4.11. The fourth-order valence-electron chi connectivity index (χ4n) is 0.741. The summed E-state index contributed by atoms with van der Waals surface area (Å²) in [5.74, 6) is -0.469.